The first-order valence-corrected chi connectivity index (χ1v) is 9.74. The Hall–Kier alpha value is -3.52. The number of halogens is 2. The molecular formula is C22H15F2NO4S. The summed E-state index contributed by atoms with van der Waals surface area (Å²) in [5.41, 5.74) is 0.209. The van der Waals surface area contributed by atoms with E-state index in [1.807, 2.05) is 0 Å². The molecule has 8 heteroatoms. The number of nitrogens with zero attached hydrogens (tertiary/aromatic N) is 1. The molecule has 1 aliphatic heterocycles. The number of Topliss-reactive ketones (excluding diaryl/α,β-unsaturated/α-hetero) is 1. The molecule has 5 nitrogen and oxygen atoms in total. The average molecular weight is 427 g/mol. The maximum Gasteiger partial charge on any atom is 0.300 e. The van der Waals surface area contributed by atoms with Gasteiger partial charge in [0.25, 0.3) is 11.7 Å². The second kappa shape index (κ2) is 7.72. The Balaban J connectivity index is 1.90. The number of anilines is 1. The fourth-order valence-electron chi connectivity index (χ4n) is 3.35. The van der Waals surface area contributed by atoms with E-state index >= 15 is 0 Å². The van der Waals surface area contributed by atoms with Crippen molar-refractivity contribution in [2.24, 2.45) is 0 Å². The molecule has 2 aromatic carbocycles. The number of hydrogen-bond acceptors (Lipinski definition) is 5. The average Bonchev–Trinajstić information content (AvgIpc) is 3.37. The van der Waals surface area contributed by atoms with Crippen LogP contribution in [0.4, 0.5) is 14.5 Å². The highest BCUT2D eigenvalue weighted by molar-refractivity contribution is 7.10. The number of aliphatic hydroxyl groups is 1. The van der Waals surface area contributed by atoms with Crippen LogP contribution in [0, 0.1) is 11.6 Å². The number of benzene rings is 2. The van der Waals surface area contributed by atoms with E-state index in [4.69, 9.17) is 4.74 Å². The molecule has 2 heterocycles. The zero-order chi connectivity index (χ0) is 21.4. The summed E-state index contributed by atoms with van der Waals surface area (Å²) in [4.78, 5) is 27.4. The first-order valence-electron chi connectivity index (χ1n) is 8.86. The number of rotatable bonds is 4. The Labute approximate surface area is 174 Å². The maximum absolute atomic E-state index is 13.8. The SMILES string of the molecule is COc1ccc(/C(O)=C2/C(=O)C(=O)N(c3ccc(F)c(F)c3)C2c2cccs2)cc1. The smallest absolute Gasteiger partial charge is 0.300 e. The number of hydrogen-bond donors (Lipinski definition) is 1. The van der Waals surface area contributed by atoms with Crippen molar-refractivity contribution in [2.45, 2.75) is 6.04 Å². The molecule has 3 aromatic rings. The van der Waals surface area contributed by atoms with Crippen LogP contribution in [0.25, 0.3) is 5.76 Å². The zero-order valence-corrected chi connectivity index (χ0v) is 16.5. The highest BCUT2D eigenvalue weighted by Gasteiger charge is 2.47. The van der Waals surface area contributed by atoms with E-state index in [9.17, 15) is 23.5 Å². The van der Waals surface area contributed by atoms with Gasteiger partial charge in [0, 0.05) is 22.2 Å². The van der Waals surface area contributed by atoms with Crippen molar-refractivity contribution in [2.75, 3.05) is 12.0 Å². The molecule has 0 aliphatic carbocycles. The van der Waals surface area contributed by atoms with Crippen LogP contribution in [-0.2, 0) is 9.59 Å². The lowest BCUT2D eigenvalue weighted by molar-refractivity contribution is -0.132. The monoisotopic (exact) mass is 427 g/mol. The van der Waals surface area contributed by atoms with E-state index < -0.39 is 29.4 Å². The predicted molar refractivity (Wildman–Crippen MR) is 108 cm³/mol. The lowest BCUT2D eigenvalue weighted by Gasteiger charge is -2.24. The highest BCUT2D eigenvalue weighted by atomic mass is 32.1. The first-order chi connectivity index (χ1) is 14.4. The molecule has 1 aliphatic rings. The largest absolute Gasteiger partial charge is 0.507 e. The van der Waals surface area contributed by atoms with Gasteiger partial charge in [-0.2, -0.15) is 0 Å². The van der Waals surface area contributed by atoms with Gasteiger partial charge in [0.1, 0.15) is 17.6 Å². The molecule has 0 saturated carbocycles. The number of ketones is 1. The molecule has 0 radical (unpaired) electrons. The minimum absolute atomic E-state index is 0.0168. The Bertz CT molecular complexity index is 1160. The molecular weight excluding hydrogens is 412 g/mol. The van der Waals surface area contributed by atoms with Crippen molar-refractivity contribution in [1.82, 2.24) is 0 Å². The van der Waals surface area contributed by atoms with Gasteiger partial charge in [-0.3, -0.25) is 14.5 Å². The van der Waals surface area contributed by atoms with Gasteiger partial charge in [-0.25, -0.2) is 8.78 Å². The third-order valence-corrected chi connectivity index (χ3v) is 5.73. The summed E-state index contributed by atoms with van der Waals surface area (Å²) in [6.07, 6.45) is 0. The zero-order valence-electron chi connectivity index (χ0n) is 15.6. The normalized spacial score (nSPS) is 18.1. The van der Waals surface area contributed by atoms with Gasteiger partial charge in [0.2, 0.25) is 0 Å². The summed E-state index contributed by atoms with van der Waals surface area (Å²) in [5, 5.41) is 12.7. The Morgan fingerprint density at radius 1 is 1.07 bits per heavy atom. The predicted octanol–water partition coefficient (Wildman–Crippen LogP) is 4.66. The molecule has 1 atom stereocenters. The molecule has 1 N–H and O–H groups in total. The minimum atomic E-state index is -1.14. The second-order valence-electron chi connectivity index (χ2n) is 6.51. The molecule has 1 fully saturated rings. The van der Waals surface area contributed by atoms with Crippen molar-refractivity contribution in [3.8, 4) is 5.75 Å². The summed E-state index contributed by atoms with van der Waals surface area (Å²) in [7, 11) is 1.50. The number of carbonyl (C=O) groups is 2. The van der Waals surface area contributed by atoms with Crippen LogP contribution in [-0.4, -0.2) is 23.9 Å². The van der Waals surface area contributed by atoms with Gasteiger partial charge in [0.15, 0.2) is 11.6 Å². The van der Waals surface area contributed by atoms with Gasteiger partial charge in [0.05, 0.1) is 12.7 Å². The third-order valence-electron chi connectivity index (χ3n) is 4.80. The van der Waals surface area contributed by atoms with Gasteiger partial charge < -0.3 is 9.84 Å². The fraction of sp³-hybridized carbons (Fsp3) is 0.0909. The van der Waals surface area contributed by atoms with E-state index in [0.29, 0.717) is 16.2 Å². The summed E-state index contributed by atoms with van der Waals surface area (Å²) in [6.45, 7) is 0. The van der Waals surface area contributed by atoms with Crippen molar-refractivity contribution in [1.29, 1.82) is 0 Å². The Kier molecular flexibility index (Phi) is 5.09. The van der Waals surface area contributed by atoms with Crippen molar-refractivity contribution in [3.05, 3.63) is 87.6 Å². The van der Waals surface area contributed by atoms with Crippen LogP contribution in [0.15, 0.2) is 65.6 Å². The summed E-state index contributed by atoms with van der Waals surface area (Å²) < 4.78 is 32.4. The van der Waals surface area contributed by atoms with Crippen LogP contribution in [0.5, 0.6) is 5.75 Å². The Morgan fingerprint density at radius 2 is 1.80 bits per heavy atom. The van der Waals surface area contributed by atoms with Crippen molar-refractivity contribution >= 4 is 34.5 Å². The molecule has 1 amide bonds. The van der Waals surface area contributed by atoms with Crippen molar-refractivity contribution in [3.63, 3.8) is 0 Å². The lowest BCUT2D eigenvalue weighted by Crippen LogP contribution is -2.29. The van der Waals surface area contributed by atoms with Crippen LogP contribution in [0.1, 0.15) is 16.5 Å². The van der Waals surface area contributed by atoms with Gasteiger partial charge >= 0.3 is 0 Å². The highest BCUT2D eigenvalue weighted by Crippen LogP contribution is 2.43. The second-order valence-corrected chi connectivity index (χ2v) is 7.49. The molecule has 1 unspecified atom stereocenters. The van der Waals surface area contributed by atoms with Gasteiger partial charge in [-0.15, -0.1) is 11.3 Å². The van der Waals surface area contributed by atoms with Gasteiger partial charge in [-0.05, 0) is 47.8 Å². The number of carbonyl (C=O) groups excluding carboxylic acids is 2. The molecule has 1 aromatic heterocycles. The molecule has 152 valence electrons. The lowest BCUT2D eigenvalue weighted by atomic mass is 9.99. The number of thiophene rings is 1. The third kappa shape index (κ3) is 3.25. The van der Waals surface area contributed by atoms with Gasteiger partial charge in [-0.1, -0.05) is 6.07 Å². The van der Waals surface area contributed by atoms with E-state index in [-0.39, 0.29) is 17.0 Å². The summed E-state index contributed by atoms with van der Waals surface area (Å²) in [6, 6.07) is 11.8. The molecule has 0 bridgehead atoms. The van der Waals surface area contributed by atoms with Crippen LogP contribution in [0.2, 0.25) is 0 Å². The minimum Gasteiger partial charge on any atom is -0.507 e. The number of amides is 1. The summed E-state index contributed by atoms with van der Waals surface area (Å²) in [5.74, 6) is -3.86. The quantitative estimate of drug-likeness (QED) is 0.374. The van der Waals surface area contributed by atoms with Crippen LogP contribution in [0.3, 0.4) is 0 Å². The molecule has 4 rings (SSSR count). The Morgan fingerprint density at radius 3 is 2.40 bits per heavy atom. The maximum atomic E-state index is 13.8. The van der Waals surface area contributed by atoms with E-state index in [0.717, 1.165) is 17.0 Å². The first kappa shape index (κ1) is 19.8. The van der Waals surface area contributed by atoms with E-state index in [2.05, 4.69) is 0 Å². The topological polar surface area (TPSA) is 66.8 Å². The molecule has 0 spiro atoms. The van der Waals surface area contributed by atoms with Crippen LogP contribution < -0.4 is 9.64 Å². The fourth-order valence-corrected chi connectivity index (χ4v) is 4.18. The molecule has 1 saturated heterocycles. The standard InChI is InChI=1S/C22H15F2NO4S/c1-29-14-7-4-12(5-8-14)20(26)18-19(17-3-2-10-30-17)25(22(28)21(18)27)13-6-9-15(23)16(24)11-13/h2-11,19,26H,1H3/b20-18-. The summed E-state index contributed by atoms with van der Waals surface area (Å²) >= 11 is 1.27. The van der Waals surface area contributed by atoms with Crippen LogP contribution >= 0.6 is 11.3 Å². The number of methoxy groups -OCH3 is 1. The number of aliphatic hydroxyl groups excluding tert-OH is 1. The van der Waals surface area contributed by atoms with E-state index in [1.165, 1.54) is 24.5 Å². The number of ether oxygens (including phenoxy) is 1. The van der Waals surface area contributed by atoms with Crippen molar-refractivity contribution < 1.29 is 28.2 Å². The van der Waals surface area contributed by atoms with E-state index in [1.54, 1.807) is 41.8 Å². The molecule has 30 heavy (non-hydrogen) atoms.